The van der Waals surface area contributed by atoms with E-state index < -0.39 is 8.07 Å². The highest BCUT2D eigenvalue weighted by Crippen LogP contribution is 2.55. The molecule has 0 saturated heterocycles. The third-order valence-electron chi connectivity index (χ3n) is 8.28. The monoisotopic (exact) mass is 576 g/mol. The molecule has 0 N–H and O–H groups in total. The molecule has 0 radical (unpaired) electrons. The Labute approximate surface area is 256 Å². The Hall–Kier alpha value is -4.86. The van der Waals surface area contributed by atoms with Gasteiger partial charge in [-0.25, -0.2) is 0 Å². The summed E-state index contributed by atoms with van der Waals surface area (Å²) in [5.74, 6) is 1.62. The zero-order valence-corrected chi connectivity index (χ0v) is 26.2. The van der Waals surface area contributed by atoms with Crippen molar-refractivity contribution in [3.8, 4) is 11.5 Å². The van der Waals surface area contributed by atoms with E-state index in [-0.39, 0.29) is 0 Å². The molecule has 0 spiro atoms. The van der Waals surface area contributed by atoms with Crippen LogP contribution in [0.3, 0.4) is 0 Å². The third-order valence-corrected chi connectivity index (χ3v) is 11.9. The Kier molecular flexibility index (Phi) is 8.00. The van der Waals surface area contributed by atoms with Gasteiger partial charge >= 0.3 is 0 Å². The molecule has 0 saturated carbocycles. The molecule has 0 bridgehead atoms. The molecule has 0 amide bonds. The molecule has 5 aromatic rings. The Morgan fingerprint density at radius 2 is 0.977 bits per heavy atom. The standard InChI is InChI=1S/C40H36O2Si/c1-41-35-26-27-36(42-2)34(28-35)25-22-29-20-23-33(24-21-29)40-38(31-16-10-6-11-17-31)37(30-14-8-5-9-15-30)39(43(40,3)4)32-18-12-7-13-19-32/h5-28H,1-4H3/b25-22+. The first-order valence-electron chi connectivity index (χ1n) is 14.7. The lowest BCUT2D eigenvalue weighted by Gasteiger charge is -2.26. The molecule has 5 aromatic carbocycles. The second-order valence-electron chi connectivity index (χ2n) is 11.3. The van der Waals surface area contributed by atoms with Gasteiger partial charge in [0.1, 0.15) is 19.6 Å². The second kappa shape index (κ2) is 12.2. The van der Waals surface area contributed by atoms with Crippen molar-refractivity contribution in [3.63, 3.8) is 0 Å². The van der Waals surface area contributed by atoms with Gasteiger partial charge in [-0.3, -0.25) is 0 Å². The van der Waals surface area contributed by atoms with Crippen molar-refractivity contribution in [2.24, 2.45) is 0 Å². The predicted molar refractivity (Wildman–Crippen MR) is 185 cm³/mol. The van der Waals surface area contributed by atoms with E-state index in [4.69, 9.17) is 9.47 Å². The molecular formula is C40H36O2Si. The van der Waals surface area contributed by atoms with Gasteiger partial charge in [0.15, 0.2) is 0 Å². The second-order valence-corrected chi connectivity index (χ2v) is 15.5. The SMILES string of the molecule is COc1ccc(OC)c(/C=C/c2ccc(C3=C(c4ccccc4)C(c4ccccc4)=C(c4ccccc4)[Si]3(C)C)cc2)c1. The summed E-state index contributed by atoms with van der Waals surface area (Å²) in [7, 11) is 1.20. The van der Waals surface area contributed by atoms with Gasteiger partial charge in [0.25, 0.3) is 0 Å². The zero-order valence-electron chi connectivity index (χ0n) is 25.2. The zero-order chi connectivity index (χ0) is 29.8. The van der Waals surface area contributed by atoms with Crippen LogP contribution in [0.15, 0.2) is 133 Å². The normalized spacial score (nSPS) is 14.4. The van der Waals surface area contributed by atoms with Gasteiger partial charge in [-0.1, -0.05) is 141 Å². The van der Waals surface area contributed by atoms with Crippen LogP contribution >= 0.6 is 0 Å². The van der Waals surface area contributed by atoms with Crippen LogP contribution in [0, 0.1) is 0 Å². The number of ether oxygens (including phenoxy) is 2. The molecular weight excluding hydrogens is 541 g/mol. The number of benzene rings is 5. The van der Waals surface area contributed by atoms with Crippen LogP contribution in [0.2, 0.25) is 13.1 Å². The number of allylic oxidation sites excluding steroid dienone is 2. The van der Waals surface area contributed by atoms with Crippen molar-refractivity contribution in [2.45, 2.75) is 13.1 Å². The first-order chi connectivity index (χ1) is 21.0. The molecule has 1 aliphatic rings. The van der Waals surface area contributed by atoms with Gasteiger partial charge in [-0.05, 0) is 67.6 Å². The molecule has 1 aliphatic heterocycles. The van der Waals surface area contributed by atoms with Crippen molar-refractivity contribution >= 4 is 41.8 Å². The molecule has 212 valence electrons. The highest BCUT2D eigenvalue weighted by molar-refractivity contribution is 7.13. The van der Waals surface area contributed by atoms with Crippen LogP contribution in [-0.2, 0) is 0 Å². The van der Waals surface area contributed by atoms with Gasteiger partial charge in [0, 0.05) is 5.56 Å². The van der Waals surface area contributed by atoms with Crippen LogP contribution in [0.1, 0.15) is 33.4 Å². The quantitative estimate of drug-likeness (QED) is 0.135. The first-order valence-corrected chi connectivity index (χ1v) is 17.7. The molecule has 3 heteroatoms. The summed E-state index contributed by atoms with van der Waals surface area (Å²) in [6, 6.07) is 47.7. The van der Waals surface area contributed by atoms with Gasteiger partial charge < -0.3 is 9.47 Å². The average Bonchev–Trinajstić information content (AvgIpc) is 3.32. The van der Waals surface area contributed by atoms with Gasteiger partial charge in [-0.2, -0.15) is 0 Å². The Balaban J connectivity index is 1.50. The largest absolute Gasteiger partial charge is 0.497 e. The minimum absolute atomic E-state index is 0.806. The molecule has 0 fully saturated rings. The summed E-state index contributed by atoms with van der Waals surface area (Å²) in [6.45, 7) is 5.01. The van der Waals surface area contributed by atoms with Crippen molar-refractivity contribution in [2.75, 3.05) is 14.2 Å². The fraction of sp³-hybridized carbons (Fsp3) is 0.100. The minimum Gasteiger partial charge on any atom is -0.497 e. The van der Waals surface area contributed by atoms with E-state index in [0.717, 1.165) is 22.6 Å². The van der Waals surface area contributed by atoms with E-state index in [2.05, 4.69) is 141 Å². The van der Waals surface area contributed by atoms with Crippen LogP contribution in [0.5, 0.6) is 11.5 Å². The number of hydrogen-bond acceptors (Lipinski definition) is 2. The predicted octanol–water partition coefficient (Wildman–Crippen LogP) is 10.2. The van der Waals surface area contributed by atoms with Gasteiger partial charge in [-0.15, -0.1) is 0 Å². The van der Waals surface area contributed by atoms with Crippen LogP contribution < -0.4 is 9.47 Å². The molecule has 0 aromatic heterocycles. The first kappa shape index (κ1) is 28.3. The Morgan fingerprint density at radius 3 is 1.47 bits per heavy atom. The minimum atomic E-state index is -2.17. The summed E-state index contributed by atoms with van der Waals surface area (Å²) < 4.78 is 11.0. The molecule has 43 heavy (non-hydrogen) atoms. The van der Waals surface area contributed by atoms with Crippen molar-refractivity contribution in [3.05, 3.63) is 167 Å². The summed E-state index contributed by atoms with van der Waals surface area (Å²) in [4.78, 5) is 0. The number of methoxy groups -OCH3 is 2. The lowest BCUT2D eigenvalue weighted by Crippen LogP contribution is -2.28. The van der Waals surface area contributed by atoms with Crippen LogP contribution in [0.25, 0.3) is 33.7 Å². The molecule has 6 rings (SSSR count). The van der Waals surface area contributed by atoms with Gasteiger partial charge in [0.05, 0.1) is 14.2 Å². The van der Waals surface area contributed by atoms with E-state index in [1.54, 1.807) is 14.2 Å². The van der Waals surface area contributed by atoms with E-state index in [9.17, 15) is 0 Å². The average molecular weight is 577 g/mol. The summed E-state index contributed by atoms with van der Waals surface area (Å²) in [6.07, 6.45) is 4.22. The lowest BCUT2D eigenvalue weighted by atomic mass is 9.89. The Bertz CT molecular complexity index is 1820. The van der Waals surface area contributed by atoms with Crippen LogP contribution in [-0.4, -0.2) is 22.3 Å². The Morgan fingerprint density at radius 1 is 0.488 bits per heavy atom. The topological polar surface area (TPSA) is 18.5 Å². The highest BCUT2D eigenvalue weighted by atomic mass is 28.3. The summed E-state index contributed by atoms with van der Waals surface area (Å²) in [5, 5.41) is 2.96. The molecule has 1 heterocycles. The molecule has 0 aliphatic carbocycles. The molecule has 2 nitrogen and oxygen atoms in total. The maximum Gasteiger partial charge on any atom is 0.126 e. The van der Waals surface area contributed by atoms with Crippen LogP contribution in [0.4, 0.5) is 0 Å². The summed E-state index contributed by atoms with van der Waals surface area (Å²) >= 11 is 0. The van der Waals surface area contributed by atoms with Gasteiger partial charge in [0.2, 0.25) is 0 Å². The van der Waals surface area contributed by atoms with E-state index in [0.29, 0.717) is 0 Å². The smallest absolute Gasteiger partial charge is 0.126 e. The van der Waals surface area contributed by atoms with E-state index in [1.807, 2.05) is 18.2 Å². The van der Waals surface area contributed by atoms with Crippen molar-refractivity contribution in [1.82, 2.24) is 0 Å². The van der Waals surface area contributed by atoms with Crippen molar-refractivity contribution < 1.29 is 9.47 Å². The maximum atomic E-state index is 5.58. The fourth-order valence-electron chi connectivity index (χ4n) is 6.32. The fourth-order valence-corrected chi connectivity index (χ4v) is 10.1. The lowest BCUT2D eigenvalue weighted by molar-refractivity contribution is 0.402. The maximum absolute atomic E-state index is 5.58. The summed E-state index contributed by atoms with van der Waals surface area (Å²) in [5.41, 5.74) is 9.95. The van der Waals surface area contributed by atoms with E-state index in [1.165, 1.54) is 43.8 Å². The van der Waals surface area contributed by atoms with Crippen molar-refractivity contribution in [1.29, 1.82) is 0 Å². The van der Waals surface area contributed by atoms with E-state index >= 15 is 0 Å². The number of hydrogen-bond donors (Lipinski definition) is 0. The molecule has 0 atom stereocenters. The molecule has 0 unspecified atom stereocenters. The third kappa shape index (κ3) is 5.52. The highest BCUT2D eigenvalue weighted by Gasteiger charge is 2.43. The number of rotatable bonds is 8.